The maximum atomic E-state index is 13.9. The molecule has 19 heteroatoms. The first kappa shape index (κ1) is 48.2. The van der Waals surface area contributed by atoms with Crippen molar-refractivity contribution in [2.45, 2.75) is 45.6 Å². The van der Waals surface area contributed by atoms with Gasteiger partial charge in [0.05, 0.1) is 68.3 Å². The Bertz CT molecular complexity index is 2290. The van der Waals surface area contributed by atoms with E-state index in [-0.39, 0.29) is 54.7 Å². The number of hydrogen-bond donors (Lipinski definition) is 5. The van der Waals surface area contributed by atoms with Gasteiger partial charge in [-0.1, -0.05) is 6.07 Å². The van der Waals surface area contributed by atoms with Gasteiger partial charge in [-0.05, 0) is 75.2 Å². The van der Waals surface area contributed by atoms with E-state index in [4.69, 9.17) is 14.2 Å². The Hall–Kier alpha value is -6.28. The molecule has 3 aliphatic rings. The van der Waals surface area contributed by atoms with E-state index < -0.39 is 29.6 Å². The molecule has 1 unspecified atom stereocenters. The minimum absolute atomic E-state index is 0.0233. The molecular formula is C46H57FN8O10. The number of carbonyl (C=O) groups excluding carboxylic acids is 7. The smallest absolute Gasteiger partial charge is 0.264 e. The highest BCUT2D eigenvalue weighted by atomic mass is 19.1. The van der Waals surface area contributed by atoms with Crippen molar-refractivity contribution in [3.8, 4) is 0 Å². The number of aromatic nitrogens is 1. The van der Waals surface area contributed by atoms with Crippen LogP contribution in [0.2, 0.25) is 0 Å². The van der Waals surface area contributed by atoms with Gasteiger partial charge < -0.3 is 50.2 Å². The van der Waals surface area contributed by atoms with Gasteiger partial charge in [-0.2, -0.15) is 0 Å². The van der Waals surface area contributed by atoms with E-state index >= 15 is 0 Å². The van der Waals surface area contributed by atoms with Crippen LogP contribution in [0.15, 0.2) is 36.4 Å². The van der Waals surface area contributed by atoms with Gasteiger partial charge in [-0.3, -0.25) is 38.6 Å². The predicted molar refractivity (Wildman–Crippen MR) is 239 cm³/mol. The number of aryl methyl sites for hydroxylation is 1. The summed E-state index contributed by atoms with van der Waals surface area (Å²) in [4.78, 5) is 96.6. The van der Waals surface area contributed by atoms with Crippen molar-refractivity contribution in [2.75, 3.05) is 103 Å². The number of benzene rings is 2. The first-order valence-corrected chi connectivity index (χ1v) is 21.9. The Morgan fingerprint density at radius 2 is 1.62 bits per heavy atom. The number of aromatic amines is 1. The Morgan fingerprint density at radius 3 is 2.34 bits per heavy atom. The molecule has 6 amide bonds. The fraction of sp³-hybridized carbons (Fsp3) is 0.457. The summed E-state index contributed by atoms with van der Waals surface area (Å²) >= 11 is 0. The molecule has 0 bridgehead atoms. The van der Waals surface area contributed by atoms with Crippen molar-refractivity contribution in [3.63, 3.8) is 0 Å². The van der Waals surface area contributed by atoms with Crippen molar-refractivity contribution in [3.05, 3.63) is 81.4 Å². The van der Waals surface area contributed by atoms with Crippen LogP contribution in [0.25, 0.3) is 11.6 Å². The number of fused-ring (bicyclic) bond motifs is 2. The number of halogens is 1. The molecule has 2 aromatic carbocycles. The molecule has 1 fully saturated rings. The topological polar surface area (TPSA) is 221 Å². The fourth-order valence-corrected chi connectivity index (χ4v) is 8.14. The minimum atomic E-state index is -1.09. The van der Waals surface area contributed by atoms with Gasteiger partial charge in [0, 0.05) is 81.1 Å². The Kier molecular flexibility index (Phi) is 17.1. The number of amides is 6. The van der Waals surface area contributed by atoms with Crippen LogP contribution in [0.3, 0.4) is 0 Å². The first-order chi connectivity index (χ1) is 31.4. The van der Waals surface area contributed by atoms with E-state index in [2.05, 4.69) is 31.2 Å². The lowest BCUT2D eigenvalue weighted by Gasteiger charge is -2.34. The van der Waals surface area contributed by atoms with Gasteiger partial charge >= 0.3 is 0 Å². The first-order valence-electron chi connectivity index (χ1n) is 21.9. The third kappa shape index (κ3) is 11.9. The third-order valence-electron chi connectivity index (χ3n) is 11.5. The number of piperazine rings is 1. The van der Waals surface area contributed by atoms with Crippen LogP contribution in [0.1, 0.15) is 79.3 Å². The standard InChI is InChI=1S/C46H57FN8O10/c1-29-37(28-34-33-27-31(47)10-11-35(33)52-42(34)58)51-30(2)40(29)44(60)50-13-6-15-53-16-18-54(19-17-53)39(57)12-21-63-23-25-65-26-24-64-22-14-49-36-8-4-7-32-41(36)46(62)55(45(32)61)38(9-5-20-56)43(59)48-3/h4,7-8,10-11,20,27-28,38,49,51H,5-6,9,12-19,21-26H2,1-3H3,(H,48,59)(H,50,60)(H,52,58)/b34-28-. The number of imide groups is 1. The van der Waals surface area contributed by atoms with Gasteiger partial charge in [-0.15, -0.1) is 0 Å². The summed E-state index contributed by atoms with van der Waals surface area (Å²) in [6, 6.07) is 7.90. The molecule has 1 aromatic heterocycles. The summed E-state index contributed by atoms with van der Waals surface area (Å²) in [6.45, 7) is 9.81. The van der Waals surface area contributed by atoms with Crippen LogP contribution >= 0.6 is 0 Å². The third-order valence-corrected chi connectivity index (χ3v) is 11.5. The molecule has 0 spiro atoms. The molecule has 1 atom stereocenters. The number of nitrogens with one attached hydrogen (secondary N) is 5. The molecule has 65 heavy (non-hydrogen) atoms. The molecule has 5 N–H and O–H groups in total. The maximum absolute atomic E-state index is 13.9. The summed E-state index contributed by atoms with van der Waals surface area (Å²) < 4.78 is 30.7. The van der Waals surface area contributed by atoms with E-state index in [0.29, 0.717) is 111 Å². The SMILES string of the molecule is CNC(=O)C(CCC=O)N1C(=O)c2cccc(NCCOCCOCCOCCC(=O)N3CCN(CCCNC(=O)c4c(C)[nH]c(/C=C5\C(=O)Nc6ccc(F)cc65)c4C)CC3)c2C1=O. The number of H-pyrrole nitrogens is 1. The maximum Gasteiger partial charge on any atom is 0.264 e. The fourth-order valence-electron chi connectivity index (χ4n) is 8.14. The number of carbonyl (C=O) groups is 7. The zero-order chi connectivity index (χ0) is 46.5. The summed E-state index contributed by atoms with van der Waals surface area (Å²) in [7, 11) is 1.41. The highest BCUT2D eigenvalue weighted by Crippen LogP contribution is 2.35. The molecule has 0 radical (unpaired) electrons. The molecule has 1 saturated heterocycles. The van der Waals surface area contributed by atoms with Crippen LogP contribution < -0.4 is 21.3 Å². The van der Waals surface area contributed by atoms with E-state index in [1.54, 1.807) is 25.1 Å². The molecular weight excluding hydrogens is 844 g/mol. The van der Waals surface area contributed by atoms with Crippen molar-refractivity contribution >= 4 is 64.8 Å². The van der Waals surface area contributed by atoms with Crippen LogP contribution in [0.4, 0.5) is 15.8 Å². The molecule has 4 heterocycles. The molecule has 18 nitrogen and oxygen atoms in total. The van der Waals surface area contributed by atoms with Crippen molar-refractivity contribution in [2.24, 2.45) is 0 Å². The number of likely N-dealkylation sites (N-methyl/N-ethyl adjacent to an activating group) is 1. The summed E-state index contributed by atoms with van der Waals surface area (Å²) in [5.41, 5.74) is 4.64. The van der Waals surface area contributed by atoms with E-state index in [9.17, 15) is 38.0 Å². The second-order valence-electron chi connectivity index (χ2n) is 15.8. The Balaban J connectivity index is 0.784. The molecule has 0 saturated carbocycles. The zero-order valence-corrected chi connectivity index (χ0v) is 37.0. The molecule has 3 aromatic rings. The highest BCUT2D eigenvalue weighted by molar-refractivity contribution is 6.35. The van der Waals surface area contributed by atoms with Crippen molar-refractivity contribution < 1.29 is 52.2 Å². The molecule has 6 rings (SSSR count). The molecule has 348 valence electrons. The lowest BCUT2D eigenvalue weighted by atomic mass is 10.0. The average molecular weight is 901 g/mol. The quantitative estimate of drug-likeness (QED) is 0.0380. The van der Waals surface area contributed by atoms with Crippen molar-refractivity contribution in [1.29, 1.82) is 0 Å². The molecule has 0 aliphatic carbocycles. The Labute approximate surface area is 376 Å². The number of hydrogen-bond acceptors (Lipinski definition) is 12. The number of aldehydes is 1. The predicted octanol–water partition coefficient (Wildman–Crippen LogP) is 2.77. The zero-order valence-electron chi connectivity index (χ0n) is 37.0. The van der Waals surface area contributed by atoms with Crippen LogP contribution in [0.5, 0.6) is 0 Å². The van der Waals surface area contributed by atoms with Gasteiger partial charge in [-0.25, -0.2) is 4.39 Å². The molecule has 3 aliphatic heterocycles. The van der Waals surface area contributed by atoms with Gasteiger partial charge in [0.1, 0.15) is 18.1 Å². The lowest BCUT2D eigenvalue weighted by Crippen LogP contribution is -2.49. The summed E-state index contributed by atoms with van der Waals surface area (Å²) in [6.07, 6.45) is 3.35. The van der Waals surface area contributed by atoms with Gasteiger partial charge in [0.25, 0.3) is 23.6 Å². The number of rotatable bonds is 24. The lowest BCUT2D eigenvalue weighted by molar-refractivity contribution is -0.134. The van der Waals surface area contributed by atoms with Crippen LogP contribution in [0, 0.1) is 19.7 Å². The van der Waals surface area contributed by atoms with E-state index in [1.165, 1.54) is 31.3 Å². The minimum Gasteiger partial charge on any atom is -0.382 e. The van der Waals surface area contributed by atoms with Crippen molar-refractivity contribution in [1.82, 2.24) is 30.3 Å². The summed E-state index contributed by atoms with van der Waals surface area (Å²) in [5.74, 6) is -2.66. The highest BCUT2D eigenvalue weighted by Gasteiger charge is 2.43. The second kappa shape index (κ2) is 23.1. The number of nitrogens with zero attached hydrogens (tertiary/aromatic N) is 3. The monoisotopic (exact) mass is 900 g/mol. The average Bonchev–Trinajstić information content (AvgIpc) is 3.87. The van der Waals surface area contributed by atoms with Crippen LogP contribution in [-0.4, -0.2) is 160 Å². The van der Waals surface area contributed by atoms with E-state index in [0.717, 1.165) is 31.0 Å². The number of anilines is 2. The normalized spacial score (nSPS) is 15.8. The second-order valence-corrected chi connectivity index (χ2v) is 15.8. The Morgan fingerprint density at radius 1 is 0.892 bits per heavy atom. The van der Waals surface area contributed by atoms with Gasteiger partial charge in [0.15, 0.2) is 0 Å². The van der Waals surface area contributed by atoms with Gasteiger partial charge in [0.2, 0.25) is 11.8 Å². The largest absolute Gasteiger partial charge is 0.382 e. The number of ether oxygens (including phenoxy) is 3. The summed E-state index contributed by atoms with van der Waals surface area (Å²) in [5, 5.41) is 11.3. The van der Waals surface area contributed by atoms with E-state index in [1.807, 2.05) is 11.8 Å². The van der Waals surface area contributed by atoms with Crippen LogP contribution in [-0.2, 0) is 33.4 Å².